The van der Waals surface area contributed by atoms with Crippen molar-refractivity contribution in [2.45, 2.75) is 52.0 Å². The molecule has 0 aliphatic carbocycles. The molecule has 4 heterocycles. The number of anilines is 1. The smallest absolute Gasteiger partial charge is 0.225 e. The highest BCUT2D eigenvalue weighted by molar-refractivity contribution is 6.31. The quantitative estimate of drug-likeness (QED) is 0.492. The molecule has 2 aromatic rings. The van der Waals surface area contributed by atoms with E-state index in [9.17, 15) is 4.79 Å². The third-order valence-corrected chi connectivity index (χ3v) is 8.47. The van der Waals surface area contributed by atoms with Crippen molar-refractivity contribution in [1.29, 1.82) is 0 Å². The number of halogens is 1. The van der Waals surface area contributed by atoms with Crippen molar-refractivity contribution >= 4 is 23.5 Å². The number of carbonyl (C=O) groups is 1. The highest BCUT2D eigenvalue weighted by atomic mass is 35.5. The fraction of sp³-hybridized carbons (Fsp3) is 0.621. The number of aryl methyl sites for hydroxylation is 1. The van der Waals surface area contributed by atoms with Gasteiger partial charge in [0.25, 0.3) is 0 Å². The minimum absolute atomic E-state index is 0.195. The van der Waals surface area contributed by atoms with Crippen LogP contribution < -0.4 is 9.64 Å². The number of hydrogen-bond donors (Lipinski definition) is 0. The molecule has 0 bridgehead atoms. The van der Waals surface area contributed by atoms with Crippen LogP contribution >= 0.6 is 11.6 Å². The van der Waals surface area contributed by atoms with Crippen molar-refractivity contribution in [2.24, 2.45) is 5.41 Å². The maximum atomic E-state index is 13.4. The van der Waals surface area contributed by atoms with E-state index in [0.29, 0.717) is 39.3 Å². The number of likely N-dealkylation sites (tertiary alicyclic amines) is 1. The van der Waals surface area contributed by atoms with E-state index in [1.54, 1.807) is 0 Å². The molecule has 38 heavy (non-hydrogen) atoms. The number of amides is 1. The molecule has 3 aliphatic heterocycles. The van der Waals surface area contributed by atoms with Crippen LogP contribution in [-0.4, -0.2) is 84.8 Å². The minimum atomic E-state index is -0.268. The van der Waals surface area contributed by atoms with Crippen LogP contribution in [0.1, 0.15) is 49.7 Å². The summed E-state index contributed by atoms with van der Waals surface area (Å²) in [5, 5.41) is 0.729. The second-order valence-corrected chi connectivity index (χ2v) is 11.5. The van der Waals surface area contributed by atoms with Crippen LogP contribution in [0.3, 0.4) is 0 Å². The van der Waals surface area contributed by atoms with Gasteiger partial charge in [0.2, 0.25) is 11.9 Å². The Morgan fingerprint density at radius 3 is 2.55 bits per heavy atom. The summed E-state index contributed by atoms with van der Waals surface area (Å²) in [7, 11) is 0. The van der Waals surface area contributed by atoms with Gasteiger partial charge < -0.3 is 19.3 Å². The zero-order valence-electron chi connectivity index (χ0n) is 22.5. The average molecular weight is 542 g/mol. The van der Waals surface area contributed by atoms with Gasteiger partial charge in [-0.3, -0.25) is 9.69 Å². The molecule has 9 heteroatoms. The first kappa shape index (κ1) is 27.2. The number of hydrogen-bond acceptors (Lipinski definition) is 7. The van der Waals surface area contributed by atoms with Crippen molar-refractivity contribution in [3.8, 4) is 5.75 Å². The molecule has 5 rings (SSSR count). The van der Waals surface area contributed by atoms with Crippen LogP contribution in [-0.2, 0) is 16.1 Å². The second-order valence-electron chi connectivity index (χ2n) is 11.1. The molecule has 1 aromatic carbocycles. The SMILES string of the molecule is Cc1cc(OC[C@]2(CC(=O)N3CCOCC3)CCCN(Cc3cnc(N4CCCCC4)nc3)C2)ccc1Cl. The van der Waals surface area contributed by atoms with Crippen LogP contribution in [0.5, 0.6) is 5.75 Å². The van der Waals surface area contributed by atoms with E-state index >= 15 is 0 Å². The first-order chi connectivity index (χ1) is 18.5. The molecule has 3 fully saturated rings. The van der Waals surface area contributed by atoms with Crippen molar-refractivity contribution in [3.63, 3.8) is 0 Å². The molecule has 3 saturated heterocycles. The van der Waals surface area contributed by atoms with Gasteiger partial charge in [0, 0.05) is 74.1 Å². The summed E-state index contributed by atoms with van der Waals surface area (Å²) in [5.74, 6) is 1.83. The molecule has 0 unspecified atom stereocenters. The number of benzene rings is 1. The Labute approximate surface area is 231 Å². The summed E-state index contributed by atoms with van der Waals surface area (Å²) >= 11 is 6.23. The van der Waals surface area contributed by atoms with Crippen LogP contribution in [0.4, 0.5) is 5.95 Å². The number of morpholine rings is 1. The third-order valence-electron chi connectivity index (χ3n) is 8.04. The molecule has 0 radical (unpaired) electrons. The molecule has 3 aliphatic rings. The van der Waals surface area contributed by atoms with Gasteiger partial charge in [-0.2, -0.15) is 0 Å². The van der Waals surface area contributed by atoms with Crippen molar-refractivity contribution in [2.75, 3.05) is 64.0 Å². The van der Waals surface area contributed by atoms with Gasteiger partial charge in [0.1, 0.15) is 5.75 Å². The van der Waals surface area contributed by atoms with E-state index in [1.807, 2.05) is 42.4 Å². The van der Waals surface area contributed by atoms with Crippen molar-refractivity contribution < 1.29 is 14.3 Å². The molecular weight excluding hydrogens is 502 g/mol. The lowest BCUT2D eigenvalue weighted by Gasteiger charge is -2.43. The summed E-state index contributed by atoms with van der Waals surface area (Å²) in [4.78, 5) is 29.4. The maximum absolute atomic E-state index is 13.4. The van der Waals surface area contributed by atoms with Crippen molar-refractivity contribution in [3.05, 3.63) is 46.7 Å². The zero-order chi connectivity index (χ0) is 26.4. The monoisotopic (exact) mass is 541 g/mol. The minimum Gasteiger partial charge on any atom is -0.493 e. The molecule has 1 aromatic heterocycles. The number of carbonyl (C=O) groups excluding carboxylic acids is 1. The van der Waals surface area contributed by atoms with E-state index in [2.05, 4.69) is 19.8 Å². The van der Waals surface area contributed by atoms with E-state index in [4.69, 9.17) is 21.1 Å². The van der Waals surface area contributed by atoms with Crippen LogP contribution in [0, 0.1) is 12.3 Å². The third kappa shape index (κ3) is 6.96. The van der Waals surface area contributed by atoms with E-state index in [-0.39, 0.29) is 11.3 Å². The van der Waals surface area contributed by atoms with Gasteiger partial charge in [-0.25, -0.2) is 9.97 Å². The number of piperidine rings is 2. The maximum Gasteiger partial charge on any atom is 0.225 e. The Hall–Kier alpha value is -2.42. The largest absolute Gasteiger partial charge is 0.493 e. The van der Waals surface area contributed by atoms with Crippen molar-refractivity contribution in [1.82, 2.24) is 19.8 Å². The molecule has 206 valence electrons. The van der Waals surface area contributed by atoms with Gasteiger partial charge >= 0.3 is 0 Å². The Bertz CT molecular complexity index is 1070. The van der Waals surface area contributed by atoms with Gasteiger partial charge in [-0.05, 0) is 69.3 Å². The summed E-state index contributed by atoms with van der Waals surface area (Å²) in [6.45, 7) is 9.65. The Kier molecular flexibility index (Phi) is 9.02. The Morgan fingerprint density at radius 1 is 1.05 bits per heavy atom. The fourth-order valence-electron chi connectivity index (χ4n) is 5.89. The number of rotatable bonds is 8. The molecule has 1 amide bonds. The van der Waals surface area contributed by atoms with E-state index < -0.39 is 0 Å². The number of aromatic nitrogens is 2. The first-order valence-corrected chi connectivity index (χ1v) is 14.4. The predicted molar refractivity (Wildman–Crippen MR) is 149 cm³/mol. The van der Waals surface area contributed by atoms with Gasteiger partial charge in [-0.1, -0.05) is 11.6 Å². The van der Waals surface area contributed by atoms with Crippen LogP contribution in [0.2, 0.25) is 5.02 Å². The van der Waals surface area contributed by atoms with E-state index in [1.165, 1.54) is 19.3 Å². The molecule has 1 atom stereocenters. The molecule has 0 spiro atoms. The predicted octanol–water partition coefficient (Wildman–Crippen LogP) is 4.34. The standard InChI is InChI=1S/C29H40ClN5O3/c1-23-16-25(6-7-26(23)30)38-22-29(17-27(36)34-12-14-37-15-13-34)8-5-9-33(21-29)20-24-18-31-28(32-19-24)35-10-3-2-4-11-35/h6-7,16,18-19H,2-5,8-15,17,20-22H2,1H3/t29-/m0/s1. The van der Waals surface area contributed by atoms with Gasteiger partial charge in [0.15, 0.2) is 0 Å². The highest BCUT2D eigenvalue weighted by Crippen LogP contribution is 2.36. The lowest BCUT2D eigenvalue weighted by molar-refractivity contribution is -0.139. The van der Waals surface area contributed by atoms with Gasteiger partial charge in [0.05, 0.1) is 19.8 Å². The highest BCUT2D eigenvalue weighted by Gasteiger charge is 2.40. The molecule has 8 nitrogen and oxygen atoms in total. The lowest BCUT2D eigenvalue weighted by atomic mass is 9.77. The first-order valence-electron chi connectivity index (χ1n) is 14.0. The lowest BCUT2D eigenvalue weighted by Crippen LogP contribution is -2.50. The summed E-state index contributed by atoms with van der Waals surface area (Å²) in [6, 6.07) is 5.76. The summed E-state index contributed by atoms with van der Waals surface area (Å²) < 4.78 is 11.8. The summed E-state index contributed by atoms with van der Waals surface area (Å²) in [5.41, 5.74) is 1.83. The number of nitrogens with zero attached hydrogens (tertiary/aromatic N) is 5. The fourth-order valence-corrected chi connectivity index (χ4v) is 6.01. The topological polar surface area (TPSA) is 71.0 Å². The number of ether oxygens (including phenoxy) is 2. The van der Waals surface area contributed by atoms with Gasteiger partial charge in [-0.15, -0.1) is 0 Å². The average Bonchev–Trinajstić information content (AvgIpc) is 2.95. The molecule has 0 N–H and O–H groups in total. The Morgan fingerprint density at radius 2 is 1.82 bits per heavy atom. The van der Waals surface area contributed by atoms with E-state index in [0.717, 1.165) is 73.4 Å². The Balaban J connectivity index is 1.27. The second kappa shape index (κ2) is 12.6. The molecular formula is C29H40ClN5O3. The molecule has 0 saturated carbocycles. The summed E-state index contributed by atoms with van der Waals surface area (Å²) in [6.07, 6.45) is 10.1. The van der Waals surface area contributed by atoms with Crippen LogP contribution in [0.15, 0.2) is 30.6 Å². The zero-order valence-corrected chi connectivity index (χ0v) is 23.3. The normalized spacial score (nSPS) is 22.9. The van der Waals surface area contributed by atoms with Crippen LogP contribution in [0.25, 0.3) is 0 Å².